The lowest BCUT2D eigenvalue weighted by molar-refractivity contribution is 0.291. The topological polar surface area (TPSA) is 107 Å². The molecule has 0 N–H and O–H groups in total. The third-order valence-electron chi connectivity index (χ3n) is 5.48. The first-order valence-corrected chi connectivity index (χ1v) is 11.1. The SMILES string of the molecule is Cc1cnc(-c2ccnc(C(C)C)n2)cc1-n1c(C)cc(OCc2ncc(F)cc2F)c(C#N)c1=O. The molecule has 0 radical (unpaired) electrons. The van der Waals surface area contributed by atoms with Crippen LogP contribution in [0.15, 0.2) is 47.7 Å². The largest absolute Gasteiger partial charge is 0.486 e. The van der Waals surface area contributed by atoms with Gasteiger partial charge in [-0.2, -0.15) is 5.26 Å². The first-order valence-electron chi connectivity index (χ1n) is 11.1. The minimum absolute atomic E-state index is 0.0221. The van der Waals surface area contributed by atoms with Gasteiger partial charge in [0.15, 0.2) is 11.4 Å². The summed E-state index contributed by atoms with van der Waals surface area (Å²) in [6.07, 6.45) is 4.16. The molecule has 4 aromatic rings. The number of ether oxygens (including phenoxy) is 1. The number of hydrogen-bond acceptors (Lipinski definition) is 7. The van der Waals surface area contributed by atoms with Crippen LogP contribution < -0.4 is 10.3 Å². The van der Waals surface area contributed by atoms with Crippen LogP contribution in [0.2, 0.25) is 0 Å². The predicted octanol–water partition coefficient (Wildman–Crippen LogP) is 4.55. The molecule has 0 saturated heterocycles. The highest BCUT2D eigenvalue weighted by Crippen LogP contribution is 2.25. The van der Waals surface area contributed by atoms with Crippen LogP contribution in [0.4, 0.5) is 8.78 Å². The molecular weight excluding hydrogens is 466 g/mol. The van der Waals surface area contributed by atoms with Crippen molar-refractivity contribution in [3.8, 4) is 28.9 Å². The third kappa shape index (κ3) is 4.81. The predicted molar refractivity (Wildman–Crippen MR) is 128 cm³/mol. The van der Waals surface area contributed by atoms with E-state index >= 15 is 0 Å². The molecule has 0 fully saturated rings. The lowest BCUT2D eigenvalue weighted by Gasteiger charge is -2.16. The highest BCUT2D eigenvalue weighted by molar-refractivity contribution is 5.60. The molecule has 0 aliphatic carbocycles. The van der Waals surface area contributed by atoms with Crippen molar-refractivity contribution in [1.29, 1.82) is 5.26 Å². The Labute approximate surface area is 205 Å². The molecule has 0 saturated carbocycles. The molecule has 0 atom stereocenters. The Hall–Kier alpha value is -4.52. The lowest BCUT2D eigenvalue weighted by Crippen LogP contribution is -2.25. The van der Waals surface area contributed by atoms with Gasteiger partial charge < -0.3 is 4.74 Å². The van der Waals surface area contributed by atoms with E-state index < -0.39 is 17.2 Å². The van der Waals surface area contributed by atoms with Crippen LogP contribution in [-0.2, 0) is 6.61 Å². The summed E-state index contributed by atoms with van der Waals surface area (Å²) >= 11 is 0. The maximum atomic E-state index is 13.9. The smallest absolute Gasteiger partial charge is 0.277 e. The summed E-state index contributed by atoms with van der Waals surface area (Å²) in [5, 5.41) is 9.72. The zero-order chi connectivity index (χ0) is 26.0. The van der Waals surface area contributed by atoms with Crippen LogP contribution in [0, 0.1) is 36.8 Å². The normalized spacial score (nSPS) is 10.9. The van der Waals surface area contributed by atoms with Crippen LogP contribution >= 0.6 is 0 Å². The Balaban J connectivity index is 1.76. The molecule has 0 spiro atoms. The number of aromatic nitrogens is 5. The van der Waals surface area contributed by atoms with Crippen LogP contribution in [0.25, 0.3) is 17.1 Å². The number of rotatable bonds is 6. The average molecular weight is 488 g/mol. The third-order valence-corrected chi connectivity index (χ3v) is 5.48. The quantitative estimate of drug-likeness (QED) is 0.392. The van der Waals surface area contributed by atoms with E-state index in [1.54, 1.807) is 38.4 Å². The number of halogens is 2. The molecule has 0 unspecified atom stereocenters. The summed E-state index contributed by atoms with van der Waals surface area (Å²) in [4.78, 5) is 30.4. The van der Waals surface area contributed by atoms with Crippen LogP contribution in [0.5, 0.6) is 5.75 Å². The van der Waals surface area contributed by atoms with Crippen molar-refractivity contribution >= 4 is 0 Å². The second-order valence-electron chi connectivity index (χ2n) is 8.46. The van der Waals surface area contributed by atoms with Gasteiger partial charge in [0.05, 0.1) is 23.3 Å². The Morgan fingerprint density at radius 2 is 1.86 bits per heavy atom. The minimum Gasteiger partial charge on any atom is -0.486 e. The summed E-state index contributed by atoms with van der Waals surface area (Å²) in [6, 6.07) is 7.55. The zero-order valence-corrected chi connectivity index (χ0v) is 20.1. The van der Waals surface area contributed by atoms with Crippen molar-refractivity contribution in [1.82, 2.24) is 24.5 Å². The first kappa shape index (κ1) is 24.6. The molecule has 0 aromatic carbocycles. The maximum absolute atomic E-state index is 13.9. The van der Waals surface area contributed by atoms with Crippen LogP contribution in [-0.4, -0.2) is 24.5 Å². The highest BCUT2D eigenvalue weighted by atomic mass is 19.1. The van der Waals surface area contributed by atoms with Crippen molar-refractivity contribution in [2.75, 3.05) is 0 Å². The van der Waals surface area contributed by atoms with Crippen molar-refractivity contribution in [3.63, 3.8) is 0 Å². The van der Waals surface area contributed by atoms with Gasteiger partial charge in [-0.25, -0.2) is 18.7 Å². The van der Waals surface area contributed by atoms with E-state index in [0.29, 0.717) is 40.2 Å². The Bertz CT molecular complexity index is 1560. The monoisotopic (exact) mass is 488 g/mol. The molecule has 4 heterocycles. The van der Waals surface area contributed by atoms with E-state index in [1.165, 1.54) is 10.6 Å². The van der Waals surface area contributed by atoms with Gasteiger partial charge in [-0.05, 0) is 31.5 Å². The Kier molecular flexibility index (Phi) is 6.83. The van der Waals surface area contributed by atoms with Gasteiger partial charge in [0, 0.05) is 36.1 Å². The van der Waals surface area contributed by atoms with E-state index in [4.69, 9.17) is 4.74 Å². The fraction of sp³-hybridized carbons (Fsp3) is 0.231. The van der Waals surface area contributed by atoms with Gasteiger partial charge in [-0.15, -0.1) is 0 Å². The van der Waals surface area contributed by atoms with Gasteiger partial charge in [-0.3, -0.25) is 19.3 Å². The molecule has 182 valence electrons. The average Bonchev–Trinajstić information content (AvgIpc) is 2.84. The first-order chi connectivity index (χ1) is 17.2. The van der Waals surface area contributed by atoms with Gasteiger partial charge in [0.2, 0.25) is 0 Å². The molecule has 4 aromatic heterocycles. The fourth-order valence-corrected chi connectivity index (χ4v) is 3.60. The van der Waals surface area contributed by atoms with E-state index in [9.17, 15) is 18.8 Å². The molecule has 36 heavy (non-hydrogen) atoms. The summed E-state index contributed by atoms with van der Waals surface area (Å²) in [6.45, 7) is 7.09. The second-order valence-corrected chi connectivity index (χ2v) is 8.46. The van der Waals surface area contributed by atoms with E-state index in [0.717, 1.165) is 6.20 Å². The number of nitriles is 1. The Morgan fingerprint density at radius 1 is 1.08 bits per heavy atom. The van der Waals surface area contributed by atoms with E-state index in [1.807, 2.05) is 19.9 Å². The van der Waals surface area contributed by atoms with Gasteiger partial charge in [-0.1, -0.05) is 13.8 Å². The number of pyridine rings is 3. The number of nitrogens with zero attached hydrogens (tertiary/aromatic N) is 6. The van der Waals surface area contributed by atoms with Crippen molar-refractivity contribution in [3.05, 3.63) is 93.2 Å². The molecule has 0 aliphatic rings. The molecule has 0 aliphatic heterocycles. The van der Waals surface area contributed by atoms with Crippen molar-refractivity contribution < 1.29 is 13.5 Å². The summed E-state index contributed by atoms with van der Waals surface area (Å²) < 4.78 is 34.0. The molecular formula is C26H22F2N6O2. The second kappa shape index (κ2) is 10.00. The number of hydrogen-bond donors (Lipinski definition) is 0. The van der Waals surface area contributed by atoms with Crippen LogP contribution in [0.1, 0.15) is 48.1 Å². The number of aryl methyl sites for hydroxylation is 2. The van der Waals surface area contributed by atoms with E-state index in [2.05, 4.69) is 19.9 Å². The summed E-state index contributed by atoms with van der Waals surface area (Å²) in [5.41, 5.74) is 1.85. The van der Waals surface area contributed by atoms with E-state index in [-0.39, 0.29) is 29.5 Å². The van der Waals surface area contributed by atoms with Crippen molar-refractivity contribution in [2.45, 2.75) is 40.2 Å². The zero-order valence-electron chi connectivity index (χ0n) is 20.1. The molecule has 0 bridgehead atoms. The summed E-state index contributed by atoms with van der Waals surface area (Å²) in [5.74, 6) is -0.925. The minimum atomic E-state index is -0.885. The standard InChI is InChI=1S/C26H22F2N6O2/c1-14(2)25-30-6-5-20(33-25)21-9-23(15(3)11-31-21)34-16(4)7-24(18(10-29)26(34)35)36-13-22-19(28)8-17(27)12-32-22/h5-9,11-12,14H,13H2,1-4H3. The highest BCUT2D eigenvalue weighted by Gasteiger charge is 2.19. The lowest BCUT2D eigenvalue weighted by atomic mass is 10.1. The molecule has 4 rings (SSSR count). The molecule has 0 amide bonds. The molecule has 8 nitrogen and oxygen atoms in total. The summed E-state index contributed by atoms with van der Waals surface area (Å²) in [7, 11) is 0. The van der Waals surface area contributed by atoms with Gasteiger partial charge in [0.25, 0.3) is 5.56 Å². The van der Waals surface area contributed by atoms with Gasteiger partial charge in [0.1, 0.15) is 35.8 Å². The molecule has 10 heteroatoms. The van der Waals surface area contributed by atoms with Crippen LogP contribution in [0.3, 0.4) is 0 Å². The fourth-order valence-electron chi connectivity index (χ4n) is 3.60. The van der Waals surface area contributed by atoms with Crippen molar-refractivity contribution in [2.24, 2.45) is 0 Å². The Morgan fingerprint density at radius 3 is 2.56 bits per heavy atom. The van der Waals surface area contributed by atoms with Gasteiger partial charge >= 0.3 is 0 Å². The maximum Gasteiger partial charge on any atom is 0.277 e.